The van der Waals surface area contributed by atoms with Gasteiger partial charge < -0.3 is 9.84 Å². The van der Waals surface area contributed by atoms with Crippen molar-refractivity contribution < 1.29 is 19.4 Å². The summed E-state index contributed by atoms with van der Waals surface area (Å²) in [6.07, 6.45) is 0.694. The number of carbonyl (C=O) groups excluding carboxylic acids is 1. The monoisotopic (exact) mass is 187 g/mol. The van der Waals surface area contributed by atoms with E-state index in [0.29, 0.717) is 19.5 Å². The molecule has 0 bridgehead atoms. The van der Waals surface area contributed by atoms with Crippen molar-refractivity contribution in [3.8, 4) is 0 Å². The second-order valence-electron chi connectivity index (χ2n) is 3.14. The van der Waals surface area contributed by atoms with Gasteiger partial charge in [-0.15, -0.1) is 0 Å². The van der Waals surface area contributed by atoms with Crippen LogP contribution < -0.4 is 0 Å². The number of rotatable bonds is 3. The van der Waals surface area contributed by atoms with Crippen LogP contribution in [0.2, 0.25) is 0 Å². The van der Waals surface area contributed by atoms with Gasteiger partial charge in [0.1, 0.15) is 0 Å². The molecule has 0 aromatic rings. The lowest BCUT2D eigenvalue weighted by atomic mass is 10.1. The third-order valence-electron chi connectivity index (χ3n) is 2.17. The number of likely N-dealkylation sites (tertiary alicyclic amines) is 1. The van der Waals surface area contributed by atoms with Crippen molar-refractivity contribution in [2.75, 3.05) is 26.7 Å². The molecule has 1 saturated heterocycles. The zero-order chi connectivity index (χ0) is 9.84. The van der Waals surface area contributed by atoms with Crippen LogP contribution in [0.15, 0.2) is 0 Å². The number of carbonyl (C=O) groups is 2. The highest BCUT2D eigenvalue weighted by Gasteiger charge is 2.29. The Bertz CT molecular complexity index is 216. The van der Waals surface area contributed by atoms with Gasteiger partial charge in [0.15, 0.2) is 0 Å². The summed E-state index contributed by atoms with van der Waals surface area (Å²) < 4.78 is 4.57. The van der Waals surface area contributed by atoms with Gasteiger partial charge in [0.25, 0.3) is 0 Å². The lowest BCUT2D eigenvalue weighted by molar-refractivity contribution is -0.145. The zero-order valence-electron chi connectivity index (χ0n) is 7.52. The van der Waals surface area contributed by atoms with Crippen LogP contribution in [0.4, 0.5) is 0 Å². The van der Waals surface area contributed by atoms with Gasteiger partial charge in [0.05, 0.1) is 19.6 Å². The SMILES string of the molecule is COC(=O)[C@@H]1CCN(CC(=O)O)C1. The summed E-state index contributed by atoms with van der Waals surface area (Å²) in [6, 6.07) is 0. The maximum absolute atomic E-state index is 11.0. The standard InChI is InChI=1S/C8H13NO4/c1-13-8(12)6-2-3-9(4-6)5-7(10)11/h6H,2-5H2,1H3,(H,10,11)/t6-/m1/s1. The van der Waals surface area contributed by atoms with Crippen molar-refractivity contribution in [2.45, 2.75) is 6.42 Å². The predicted octanol–water partition coefficient (Wildman–Crippen LogP) is -0.434. The molecule has 74 valence electrons. The van der Waals surface area contributed by atoms with E-state index in [9.17, 15) is 9.59 Å². The van der Waals surface area contributed by atoms with Crippen LogP contribution in [0.3, 0.4) is 0 Å². The minimum Gasteiger partial charge on any atom is -0.480 e. The van der Waals surface area contributed by atoms with Crippen LogP contribution in [0.5, 0.6) is 0 Å². The van der Waals surface area contributed by atoms with Crippen molar-refractivity contribution >= 4 is 11.9 Å². The number of aliphatic carboxylic acids is 1. The molecule has 1 fully saturated rings. The number of carboxylic acids is 1. The van der Waals surface area contributed by atoms with E-state index < -0.39 is 5.97 Å². The Kier molecular flexibility index (Phi) is 3.25. The highest BCUT2D eigenvalue weighted by Crippen LogP contribution is 2.16. The number of nitrogens with zero attached hydrogens (tertiary/aromatic N) is 1. The van der Waals surface area contributed by atoms with Gasteiger partial charge in [-0.1, -0.05) is 0 Å². The molecule has 0 spiro atoms. The first-order chi connectivity index (χ1) is 6.13. The van der Waals surface area contributed by atoms with Crippen LogP contribution in [0.25, 0.3) is 0 Å². The lowest BCUT2D eigenvalue weighted by Crippen LogP contribution is -2.29. The molecule has 0 aliphatic carbocycles. The fourth-order valence-corrected chi connectivity index (χ4v) is 1.53. The zero-order valence-corrected chi connectivity index (χ0v) is 7.52. The van der Waals surface area contributed by atoms with E-state index in [0.717, 1.165) is 0 Å². The maximum atomic E-state index is 11.0. The van der Waals surface area contributed by atoms with E-state index in [-0.39, 0.29) is 18.4 Å². The second kappa shape index (κ2) is 4.23. The smallest absolute Gasteiger partial charge is 0.317 e. The first-order valence-electron chi connectivity index (χ1n) is 4.15. The van der Waals surface area contributed by atoms with E-state index in [1.165, 1.54) is 7.11 Å². The van der Waals surface area contributed by atoms with Crippen molar-refractivity contribution in [3.63, 3.8) is 0 Å². The molecular weight excluding hydrogens is 174 g/mol. The fourth-order valence-electron chi connectivity index (χ4n) is 1.53. The molecule has 0 aromatic heterocycles. The molecule has 5 nitrogen and oxygen atoms in total. The van der Waals surface area contributed by atoms with Gasteiger partial charge in [-0.3, -0.25) is 14.5 Å². The number of ether oxygens (including phenoxy) is 1. The lowest BCUT2D eigenvalue weighted by Gasteiger charge is -2.11. The Hall–Kier alpha value is -1.10. The van der Waals surface area contributed by atoms with E-state index in [1.807, 2.05) is 0 Å². The summed E-state index contributed by atoms with van der Waals surface area (Å²) in [7, 11) is 1.35. The van der Waals surface area contributed by atoms with Crippen LogP contribution >= 0.6 is 0 Å². The fraction of sp³-hybridized carbons (Fsp3) is 0.750. The largest absolute Gasteiger partial charge is 0.480 e. The summed E-state index contributed by atoms with van der Waals surface area (Å²) in [5.41, 5.74) is 0. The Labute approximate surface area is 76.3 Å². The number of hydrogen-bond donors (Lipinski definition) is 1. The van der Waals surface area contributed by atoms with E-state index >= 15 is 0 Å². The molecular formula is C8H13NO4. The Morgan fingerprint density at radius 2 is 2.31 bits per heavy atom. The normalized spacial score (nSPS) is 23.0. The van der Waals surface area contributed by atoms with Crippen LogP contribution in [0, 0.1) is 5.92 Å². The predicted molar refractivity (Wildman–Crippen MR) is 44.2 cm³/mol. The van der Waals surface area contributed by atoms with Crippen LogP contribution in [-0.2, 0) is 14.3 Å². The highest BCUT2D eigenvalue weighted by atomic mass is 16.5. The molecule has 0 amide bonds. The van der Waals surface area contributed by atoms with Gasteiger partial charge in [-0.2, -0.15) is 0 Å². The Balaban J connectivity index is 2.36. The third kappa shape index (κ3) is 2.69. The molecule has 13 heavy (non-hydrogen) atoms. The maximum Gasteiger partial charge on any atom is 0.317 e. The average molecular weight is 187 g/mol. The summed E-state index contributed by atoms with van der Waals surface area (Å²) >= 11 is 0. The summed E-state index contributed by atoms with van der Waals surface area (Å²) in [4.78, 5) is 23.1. The molecule has 0 aromatic carbocycles. The molecule has 1 aliphatic rings. The van der Waals surface area contributed by atoms with Gasteiger partial charge in [0, 0.05) is 6.54 Å². The second-order valence-corrected chi connectivity index (χ2v) is 3.14. The third-order valence-corrected chi connectivity index (χ3v) is 2.17. The molecule has 0 unspecified atom stereocenters. The van der Waals surface area contributed by atoms with Gasteiger partial charge in [0.2, 0.25) is 0 Å². The molecule has 1 heterocycles. The van der Waals surface area contributed by atoms with Crippen molar-refractivity contribution in [1.29, 1.82) is 0 Å². The number of hydrogen-bond acceptors (Lipinski definition) is 4. The molecule has 5 heteroatoms. The summed E-state index contributed by atoms with van der Waals surface area (Å²) in [5, 5.41) is 8.50. The van der Waals surface area contributed by atoms with Crippen molar-refractivity contribution in [3.05, 3.63) is 0 Å². The first kappa shape index (κ1) is 9.98. The average Bonchev–Trinajstić information content (AvgIpc) is 2.50. The summed E-state index contributed by atoms with van der Waals surface area (Å²) in [6.45, 7) is 1.17. The van der Waals surface area contributed by atoms with E-state index in [4.69, 9.17) is 5.11 Å². The molecule has 1 N–H and O–H groups in total. The highest BCUT2D eigenvalue weighted by molar-refractivity contribution is 5.73. The van der Waals surface area contributed by atoms with Gasteiger partial charge in [-0.25, -0.2) is 0 Å². The Morgan fingerprint density at radius 1 is 1.62 bits per heavy atom. The van der Waals surface area contributed by atoms with E-state index in [1.54, 1.807) is 4.90 Å². The minimum atomic E-state index is -0.856. The molecule has 1 rings (SSSR count). The van der Waals surface area contributed by atoms with Crippen LogP contribution in [-0.4, -0.2) is 48.7 Å². The molecule has 1 aliphatic heterocycles. The quantitative estimate of drug-likeness (QED) is 0.607. The number of esters is 1. The molecule has 0 radical (unpaired) electrons. The number of methoxy groups -OCH3 is 1. The minimum absolute atomic E-state index is 0.00743. The molecule has 0 saturated carbocycles. The van der Waals surface area contributed by atoms with Crippen molar-refractivity contribution in [1.82, 2.24) is 4.90 Å². The van der Waals surface area contributed by atoms with Crippen molar-refractivity contribution in [2.24, 2.45) is 5.92 Å². The van der Waals surface area contributed by atoms with E-state index in [2.05, 4.69) is 4.74 Å². The first-order valence-corrected chi connectivity index (χ1v) is 4.15. The van der Waals surface area contributed by atoms with Gasteiger partial charge >= 0.3 is 11.9 Å². The topological polar surface area (TPSA) is 66.8 Å². The molecule has 1 atom stereocenters. The number of carboxylic acid groups (broad SMARTS) is 1. The Morgan fingerprint density at radius 3 is 2.85 bits per heavy atom. The van der Waals surface area contributed by atoms with Gasteiger partial charge in [-0.05, 0) is 13.0 Å². The van der Waals surface area contributed by atoms with Crippen LogP contribution in [0.1, 0.15) is 6.42 Å². The summed E-state index contributed by atoms with van der Waals surface area (Å²) in [5.74, 6) is -1.25.